The van der Waals surface area contributed by atoms with Gasteiger partial charge in [-0.15, -0.1) is 0 Å². The molecule has 1 aliphatic rings. The second kappa shape index (κ2) is 5.78. The molecule has 1 fully saturated rings. The molecule has 0 aliphatic carbocycles. The second-order valence-electron chi connectivity index (χ2n) is 3.37. The van der Waals surface area contributed by atoms with E-state index in [0.717, 1.165) is 25.7 Å². The lowest BCUT2D eigenvalue weighted by Crippen LogP contribution is -2.33. The van der Waals surface area contributed by atoms with Crippen LogP contribution in [-0.4, -0.2) is 37.1 Å². The van der Waals surface area contributed by atoms with Gasteiger partial charge in [-0.1, -0.05) is 12.8 Å². The lowest BCUT2D eigenvalue weighted by Gasteiger charge is -2.19. The summed E-state index contributed by atoms with van der Waals surface area (Å²) in [6.07, 6.45) is 0.878. The molecule has 0 aromatic heterocycles. The number of amides is 1. The largest absolute Gasteiger partial charge is 0.443 e. The van der Waals surface area contributed by atoms with Crippen LogP contribution in [0.1, 0.15) is 25.7 Å². The van der Waals surface area contributed by atoms with Gasteiger partial charge in [0.2, 0.25) is 0 Å². The number of ether oxygens (including phenoxy) is 1. The van der Waals surface area contributed by atoms with Crippen molar-refractivity contribution in [3.8, 4) is 0 Å². The summed E-state index contributed by atoms with van der Waals surface area (Å²) < 4.78 is 27.9. The molecule has 0 aromatic carbocycles. The normalized spacial score (nSPS) is 18.1. The molecule has 0 saturated carbocycles. The van der Waals surface area contributed by atoms with E-state index in [9.17, 15) is 13.6 Å². The maximum absolute atomic E-state index is 11.7. The summed E-state index contributed by atoms with van der Waals surface area (Å²) in [4.78, 5) is 12.7. The predicted octanol–water partition coefficient (Wildman–Crippen LogP) is 2.26. The molecule has 0 bridgehead atoms. The quantitative estimate of drug-likeness (QED) is 0.695. The van der Waals surface area contributed by atoms with Crippen molar-refractivity contribution in [3.05, 3.63) is 0 Å². The molecule has 3 nitrogen and oxygen atoms in total. The first kappa shape index (κ1) is 11.2. The smallest absolute Gasteiger partial charge is 0.409 e. The van der Waals surface area contributed by atoms with Gasteiger partial charge in [0, 0.05) is 13.1 Å². The highest BCUT2D eigenvalue weighted by Gasteiger charge is 2.17. The van der Waals surface area contributed by atoms with Crippen LogP contribution in [0.2, 0.25) is 0 Å². The monoisotopic (exact) mass is 207 g/mol. The number of likely N-dealkylation sites (tertiary alicyclic amines) is 1. The van der Waals surface area contributed by atoms with Crippen molar-refractivity contribution in [1.29, 1.82) is 0 Å². The van der Waals surface area contributed by atoms with Crippen LogP contribution < -0.4 is 0 Å². The summed E-state index contributed by atoms with van der Waals surface area (Å²) in [5.74, 6) is 0. The summed E-state index contributed by atoms with van der Waals surface area (Å²) in [6, 6.07) is 0. The Morgan fingerprint density at radius 3 is 2.29 bits per heavy atom. The van der Waals surface area contributed by atoms with E-state index < -0.39 is 19.1 Å². The third-order valence-electron chi connectivity index (χ3n) is 2.20. The molecule has 0 atom stereocenters. The van der Waals surface area contributed by atoms with Gasteiger partial charge >= 0.3 is 6.09 Å². The van der Waals surface area contributed by atoms with E-state index in [1.807, 2.05) is 0 Å². The molecule has 1 rings (SSSR count). The van der Waals surface area contributed by atoms with Crippen molar-refractivity contribution in [2.45, 2.75) is 32.1 Å². The zero-order chi connectivity index (χ0) is 10.4. The average Bonchev–Trinajstić information content (AvgIpc) is 2.42. The first-order valence-corrected chi connectivity index (χ1v) is 4.90. The SMILES string of the molecule is O=C(OCC(F)F)N1CCCCCC1. The Hall–Kier alpha value is -0.870. The van der Waals surface area contributed by atoms with E-state index in [4.69, 9.17) is 0 Å². The van der Waals surface area contributed by atoms with Crippen molar-refractivity contribution in [3.63, 3.8) is 0 Å². The van der Waals surface area contributed by atoms with Crippen LogP contribution in [0.25, 0.3) is 0 Å². The number of carbonyl (C=O) groups excluding carboxylic acids is 1. The Morgan fingerprint density at radius 2 is 1.79 bits per heavy atom. The van der Waals surface area contributed by atoms with Gasteiger partial charge < -0.3 is 9.64 Å². The van der Waals surface area contributed by atoms with Crippen molar-refractivity contribution in [1.82, 2.24) is 4.90 Å². The Bertz CT molecular complexity index is 180. The van der Waals surface area contributed by atoms with Crippen molar-refractivity contribution in [2.24, 2.45) is 0 Å². The van der Waals surface area contributed by atoms with Crippen LogP contribution in [0.3, 0.4) is 0 Å². The zero-order valence-electron chi connectivity index (χ0n) is 8.05. The Morgan fingerprint density at radius 1 is 1.21 bits per heavy atom. The fourth-order valence-electron chi connectivity index (χ4n) is 1.48. The summed E-state index contributed by atoms with van der Waals surface area (Å²) in [5, 5.41) is 0. The van der Waals surface area contributed by atoms with Gasteiger partial charge in [0.05, 0.1) is 0 Å². The van der Waals surface area contributed by atoms with Crippen LogP contribution >= 0.6 is 0 Å². The topological polar surface area (TPSA) is 29.5 Å². The van der Waals surface area contributed by atoms with E-state index in [-0.39, 0.29) is 0 Å². The second-order valence-corrected chi connectivity index (χ2v) is 3.37. The molecule has 0 spiro atoms. The minimum absolute atomic E-state index is 0.604. The Balaban J connectivity index is 2.27. The summed E-state index contributed by atoms with van der Waals surface area (Å²) in [7, 11) is 0. The molecule has 5 heteroatoms. The number of halogens is 2. The molecule has 0 unspecified atom stereocenters. The summed E-state index contributed by atoms with van der Waals surface area (Å²) in [6.45, 7) is 0.458. The molecule has 1 heterocycles. The number of nitrogens with zero attached hydrogens (tertiary/aromatic N) is 1. The van der Waals surface area contributed by atoms with E-state index in [0.29, 0.717) is 13.1 Å². The van der Waals surface area contributed by atoms with Crippen LogP contribution in [0, 0.1) is 0 Å². The van der Waals surface area contributed by atoms with Gasteiger partial charge in [-0.05, 0) is 12.8 Å². The van der Waals surface area contributed by atoms with E-state index in [1.165, 1.54) is 4.90 Å². The van der Waals surface area contributed by atoms with Gasteiger partial charge in [-0.3, -0.25) is 0 Å². The number of hydrogen-bond acceptors (Lipinski definition) is 2. The molecule has 14 heavy (non-hydrogen) atoms. The highest BCUT2D eigenvalue weighted by molar-refractivity contribution is 5.67. The molecule has 0 aromatic rings. The Labute approximate surface area is 82.0 Å². The van der Waals surface area contributed by atoms with Crippen molar-refractivity contribution in [2.75, 3.05) is 19.7 Å². The molecule has 1 amide bonds. The van der Waals surface area contributed by atoms with Crippen LogP contribution in [0.5, 0.6) is 0 Å². The van der Waals surface area contributed by atoms with Crippen molar-refractivity contribution < 1.29 is 18.3 Å². The molecule has 0 radical (unpaired) electrons. The summed E-state index contributed by atoms with van der Waals surface area (Å²) >= 11 is 0. The van der Waals surface area contributed by atoms with Crippen LogP contribution in [0.4, 0.5) is 13.6 Å². The number of rotatable bonds is 2. The fourth-order valence-corrected chi connectivity index (χ4v) is 1.48. The van der Waals surface area contributed by atoms with Gasteiger partial charge in [-0.25, -0.2) is 13.6 Å². The first-order valence-electron chi connectivity index (χ1n) is 4.90. The Kier molecular flexibility index (Phi) is 4.62. The highest BCUT2D eigenvalue weighted by Crippen LogP contribution is 2.10. The van der Waals surface area contributed by atoms with Gasteiger partial charge in [0.15, 0.2) is 6.61 Å². The fraction of sp³-hybridized carbons (Fsp3) is 0.889. The third-order valence-corrected chi connectivity index (χ3v) is 2.20. The molecular weight excluding hydrogens is 192 g/mol. The summed E-state index contributed by atoms with van der Waals surface area (Å²) in [5.41, 5.74) is 0. The van der Waals surface area contributed by atoms with E-state index >= 15 is 0 Å². The molecule has 1 aliphatic heterocycles. The molecule has 0 N–H and O–H groups in total. The average molecular weight is 207 g/mol. The zero-order valence-corrected chi connectivity index (χ0v) is 8.05. The molecule has 82 valence electrons. The minimum Gasteiger partial charge on any atom is -0.443 e. The van der Waals surface area contributed by atoms with Gasteiger partial charge in [-0.2, -0.15) is 0 Å². The lowest BCUT2D eigenvalue weighted by molar-refractivity contribution is 0.0323. The highest BCUT2D eigenvalue weighted by atomic mass is 19.3. The van der Waals surface area contributed by atoms with Crippen molar-refractivity contribution >= 4 is 6.09 Å². The van der Waals surface area contributed by atoms with Gasteiger partial charge in [0.25, 0.3) is 6.43 Å². The minimum atomic E-state index is -2.58. The maximum atomic E-state index is 11.7. The number of alkyl halides is 2. The number of carbonyl (C=O) groups is 1. The number of hydrogen-bond donors (Lipinski definition) is 0. The van der Waals surface area contributed by atoms with Gasteiger partial charge in [0.1, 0.15) is 0 Å². The van der Waals surface area contributed by atoms with Crippen LogP contribution in [0.15, 0.2) is 0 Å². The van der Waals surface area contributed by atoms with E-state index in [1.54, 1.807) is 0 Å². The first-order chi connectivity index (χ1) is 6.70. The standard InChI is InChI=1S/C9H15F2NO2/c10-8(11)7-14-9(13)12-5-3-1-2-4-6-12/h8H,1-7H2. The molecule has 1 saturated heterocycles. The van der Waals surface area contributed by atoms with E-state index in [2.05, 4.69) is 4.74 Å². The molecular formula is C9H15F2NO2. The predicted molar refractivity (Wildman–Crippen MR) is 47.4 cm³/mol. The van der Waals surface area contributed by atoms with Crippen LogP contribution in [-0.2, 0) is 4.74 Å². The lowest BCUT2D eigenvalue weighted by atomic mass is 10.2. The maximum Gasteiger partial charge on any atom is 0.409 e. The third kappa shape index (κ3) is 3.89.